The molecule has 88 valence electrons. The number of rotatable bonds is 4. The Morgan fingerprint density at radius 2 is 2.12 bits per heavy atom. The molecule has 0 bridgehead atoms. The van der Waals surface area contributed by atoms with Crippen molar-refractivity contribution in [2.75, 3.05) is 10.6 Å². The van der Waals surface area contributed by atoms with Crippen LogP contribution < -0.4 is 5.32 Å². The number of nitrogens with zero attached hydrogens (tertiary/aromatic N) is 1. The minimum Gasteiger partial charge on any atom is -0.302 e. The molecule has 1 aromatic heterocycles. The zero-order chi connectivity index (χ0) is 12.1. The lowest BCUT2D eigenvalue weighted by Crippen LogP contribution is -2.11. The van der Waals surface area contributed by atoms with E-state index in [2.05, 4.69) is 26.2 Å². The largest absolute Gasteiger partial charge is 0.302 e. The maximum Gasteiger partial charge on any atom is 0.226 e. The Balaban J connectivity index is 2.09. The van der Waals surface area contributed by atoms with E-state index in [0.717, 1.165) is 11.3 Å². The highest BCUT2D eigenvalue weighted by molar-refractivity contribution is 9.09. The quantitative estimate of drug-likeness (QED) is 0.878. The van der Waals surface area contributed by atoms with Crippen molar-refractivity contribution in [3.05, 3.63) is 35.7 Å². The van der Waals surface area contributed by atoms with Crippen LogP contribution in [0.3, 0.4) is 0 Å². The van der Waals surface area contributed by atoms with E-state index < -0.39 is 0 Å². The minimum atomic E-state index is -0.0177. The number of hydrogen-bond donors (Lipinski definition) is 1. The maximum atomic E-state index is 11.4. The van der Waals surface area contributed by atoms with E-state index in [1.807, 2.05) is 35.7 Å². The van der Waals surface area contributed by atoms with Crippen molar-refractivity contribution < 1.29 is 4.79 Å². The highest BCUT2D eigenvalue weighted by Crippen LogP contribution is 2.24. The van der Waals surface area contributed by atoms with Crippen LogP contribution in [-0.2, 0) is 4.79 Å². The van der Waals surface area contributed by atoms with Gasteiger partial charge in [0.1, 0.15) is 0 Å². The summed E-state index contributed by atoms with van der Waals surface area (Å²) < 4.78 is 0. The summed E-state index contributed by atoms with van der Waals surface area (Å²) >= 11 is 4.67. The summed E-state index contributed by atoms with van der Waals surface area (Å²) in [4.78, 5) is 15.8. The molecule has 1 heterocycles. The van der Waals surface area contributed by atoms with Crippen molar-refractivity contribution in [3.8, 4) is 11.3 Å². The van der Waals surface area contributed by atoms with Crippen molar-refractivity contribution in [1.82, 2.24) is 4.98 Å². The Hall–Kier alpha value is -1.20. The summed E-state index contributed by atoms with van der Waals surface area (Å²) in [5.74, 6) is -0.0177. The van der Waals surface area contributed by atoms with E-state index in [-0.39, 0.29) is 5.91 Å². The first kappa shape index (κ1) is 12.3. The fraction of sp³-hybridized carbons (Fsp3) is 0.167. The fourth-order valence-corrected chi connectivity index (χ4v) is 2.44. The summed E-state index contributed by atoms with van der Waals surface area (Å²) in [6.45, 7) is 0. The van der Waals surface area contributed by atoms with Gasteiger partial charge in [0, 0.05) is 22.7 Å². The Kier molecular flexibility index (Phi) is 4.28. The van der Waals surface area contributed by atoms with Crippen LogP contribution in [0.1, 0.15) is 6.42 Å². The highest BCUT2D eigenvalue weighted by Gasteiger charge is 2.06. The van der Waals surface area contributed by atoms with Crippen LogP contribution in [0, 0.1) is 0 Å². The van der Waals surface area contributed by atoms with Crippen molar-refractivity contribution >= 4 is 38.3 Å². The van der Waals surface area contributed by atoms with Crippen molar-refractivity contribution in [2.45, 2.75) is 6.42 Å². The summed E-state index contributed by atoms with van der Waals surface area (Å²) in [6, 6.07) is 9.91. The molecule has 17 heavy (non-hydrogen) atoms. The van der Waals surface area contributed by atoms with E-state index in [0.29, 0.717) is 16.9 Å². The van der Waals surface area contributed by atoms with Gasteiger partial charge >= 0.3 is 0 Å². The first-order valence-electron chi connectivity index (χ1n) is 5.16. The predicted octanol–water partition coefficient (Wildman–Crippen LogP) is 3.53. The number of anilines is 1. The second kappa shape index (κ2) is 5.93. The molecule has 1 N–H and O–H groups in total. The van der Waals surface area contributed by atoms with Crippen LogP contribution >= 0.6 is 27.3 Å². The summed E-state index contributed by atoms with van der Waals surface area (Å²) in [7, 11) is 0. The first-order valence-corrected chi connectivity index (χ1v) is 7.16. The second-order valence-corrected chi connectivity index (χ2v) is 5.04. The van der Waals surface area contributed by atoms with Gasteiger partial charge in [-0.25, -0.2) is 4.98 Å². The second-order valence-electron chi connectivity index (χ2n) is 3.39. The van der Waals surface area contributed by atoms with Gasteiger partial charge < -0.3 is 5.32 Å². The zero-order valence-corrected chi connectivity index (χ0v) is 11.4. The lowest BCUT2D eigenvalue weighted by molar-refractivity contribution is -0.115. The third kappa shape index (κ3) is 3.38. The highest BCUT2D eigenvalue weighted by atomic mass is 79.9. The van der Waals surface area contributed by atoms with Crippen LogP contribution in [0.15, 0.2) is 35.7 Å². The summed E-state index contributed by atoms with van der Waals surface area (Å²) in [5, 5.41) is 6.03. The number of hydrogen-bond acceptors (Lipinski definition) is 3. The maximum absolute atomic E-state index is 11.4. The van der Waals surface area contributed by atoms with E-state index in [1.165, 1.54) is 11.3 Å². The SMILES string of the molecule is O=C(CCBr)Nc1nc(-c2ccccc2)cs1. The Labute approximate surface area is 112 Å². The third-order valence-corrected chi connectivity index (χ3v) is 3.30. The molecule has 0 saturated carbocycles. The molecule has 2 aromatic rings. The molecule has 0 aliphatic rings. The van der Waals surface area contributed by atoms with Crippen molar-refractivity contribution in [2.24, 2.45) is 0 Å². The van der Waals surface area contributed by atoms with Gasteiger partial charge in [0.25, 0.3) is 0 Å². The number of nitrogens with one attached hydrogen (secondary N) is 1. The molecule has 1 amide bonds. The van der Waals surface area contributed by atoms with Crippen LogP contribution in [-0.4, -0.2) is 16.2 Å². The normalized spacial score (nSPS) is 10.2. The van der Waals surface area contributed by atoms with E-state index in [9.17, 15) is 4.79 Å². The molecular formula is C12H11BrN2OS. The lowest BCUT2D eigenvalue weighted by atomic mass is 10.2. The average Bonchev–Trinajstić information content (AvgIpc) is 2.79. The predicted molar refractivity (Wildman–Crippen MR) is 74.6 cm³/mol. The Morgan fingerprint density at radius 1 is 1.35 bits per heavy atom. The number of aromatic nitrogens is 1. The van der Waals surface area contributed by atoms with Gasteiger partial charge in [-0.2, -0.15) is 0 Å². The topological polar surface area (TPSA) is 42.0 Å². The molecule has 0 saturated heterocycles. The van der Waals surface area contributed by atoms with Crippen LogP contribution in [0.2, 0.25) is 0 Å². The van der Waals surface area contributed by atoms with E-state index in [4.69, 9.17) is 0 Å². The van der Waals surface area contributed by atoms with Gasteiger partial charge in [-0.05, 0) is 0 Å². The van der Waals surface area contributed by atoms with Gasteiger partial charge in [0.15, 0.2) is 5.13 Å². The van der Waals surface area contributed by atoms with Gasteiger partial charge in [-0.15, -0.1) is 11.3 Å². The molecule has 0 spiro atoms. The Bertz CT molecular complexity index is 498. The van der Waals surface area contributed by atoms with Crippen LogP contribution in [0.4, 0.5) is 5.13 Å². The van der Waals surface area contributed by atoms with Gasteiger partial charge in [0.05, 0.1) is 5.69 Å². The lowest BCUT2D eigenvalue weighted by Gasteiger charge is -1.98. The molecule has 5 heteroatoms. The molecule has 2 rings (SSSR count). The van der Waals surface area contributed by atoms with Gasteiger partial charge in [-0.3, -0.25) is 4.79 Å². The molecule has 0 atom stereocenters. The molecule has 0 fully saturated rings. The number of benzene rings is 1. The van der Waals surface area contributed by atoms with Gasteiger partial charge in [0.2, 0.25) is 5.91 Å². The third-order valence-electron chi connectivity index (χ3n) is 2.14. The van der Waals surface area contributed by atoms with Crippen molar-refractivity contribution in [1.29, 1.82) is 0 Å². The minimum absolute atomic E-state index is 0.0177. The molecule has 0 radical (unpaired) electrons. The summed E-state index contributed by atoms with van der Waals surface area (Å²) in [5.41, 5.74) is 1.95. The molecular weight excluding hydrogens is 300 g/mol. The molecule has 0 aliphatic carbocycles. The van der Waals surface area contributed by atoms with Crippen LogP contribution in [0.5, 0.6) is 0 Å². The monoisotopic (exact) mass is 310 g/mol. The number of halogens is 1. The zero-order valence-electron chi connectivity index (χ0n) is 9.02. The molecule has 3 nitrogen and oxygen atoms in total. The number of thiazole rings is 1. The van der Waals surface area contributed by atoms with Crippen molar-refractivity contribution in [3.63, 3.8) is 0 Å². The number of carbonyl (C=O) groups is 1. The van der Waals surface area contributed by atoms with Gasteiger partial charge in [-0.1, -0.05) is 46.3 Å². The average molecular weight is 311 g/mol. The smallest absolute Gasteiger partial charge is 0.226 e. The standard InChI is InChI=1S/C12H11BrN2OS/c13-7-6-11(16)15-12-14-10(8-17-12)9-4-2-1-3-5-9/h1-5,8H,6-7H2,(H,14,15,16). The molecule has 1 aromatic carbocycles. The van der Waals surface area contributed by atoms with E-state index in [1.54, 1.807) is 0 Å². The Morgan fingerprint density at radius 3 is 2.82 bits per heavy atom. The fourth-order valence-electron chi connectivity index (χ4n) is 1.34. The molecule has 0 unspecified atom stereocenters. The van der Waals surface area contributed by atoms with Crippen LogP contribution in [0.25, 0.3) is 11.3 Å². The summed E-state index contributed by atoms with van der Waals surface area (Å²) in [6.07, 6.45) is 0.459. The first-order chi connectivity index (χ1) is 8.29. The number of alkyl halides is 1. The molecule has 0 aliphatic heterocycles. The number of carbonyl (C=O) groups excluding carboxylic acids is 1. The number of amides is 1. The van der Waals surface area contributed by atoms with E-state index >= 15 is 0 Å².